The molecule has 1 spiro atoms. The molecule has 8 heteroatoms. The van der Waals surface area contributed by atoms with E-state index in [1.165, 1.54) is 12.1 Å². The molecular formula is C16H21NO6S. The van der Waals surface area contributed by atoms with Crippen LogP contribution in [0.25, 0.3) is 0 Å². The summed E-state index contributed by atoms with van der Waals surface area (Å²) < 4.78 is 40.6. The highest BCUT2D eigenvalue weighted by molar-refractivity contribution is 7.87. The number of carbonyl (C=O) groups is 1. The number of ether oxygens (including phenoxy) is 2. The van der Waals surface area contributed by atoms with Crippen molar-refractivity contribution in [2.45, 2.75) is 42.9 Å². The van der Waals surface area contributed by atoms with Gasteiger partial charge in [-0.3, -0.25) is 4.79 Å². The number of benzene rings is 1. The first kappa shape index (κ1) is 17.3. The number of nitrogens with two attached hydrogens (primary N) is 1. The van der Waals surface area contributed by atoms with Gasteiger partial charge in [0, 0.05) is 18.9 Å². The molecule has 1 aromatic carbocycles. The Bertz CT molecular complexity index is 709. The summed E-state index contributed by atoms with van der Waals surface area (Å²) in [4.78, 5) is 12.4. The lowest BCUT2D eigenvalue weighted by atomic mass is 9.81. The van der Waals surface area contributed by atoms with Gasteiger partial charge in [0.25, 0.3) is 0 Å². The van der Waals surface area contributed by atoms with Gasteiger partial charge in [0.15, 0.2) is 5.79 Å². The van der Waals surface area contributed by atoms with E-state index in [1.807, 2.05) is 6.92 Å². The molecule has 1 aliphatic heterocycles. The summed E-state index contributed by atoms with van der Waals surface area (Å²) in [5, 5.41) is 0. The third-order valence-electron chi connectivity index (χ3n) is 4.52. The van der Waals surface area contributed by atoms with Crippen LogP contribution < -0.4 is 5.73 Å². The molecule has 7 nitrogen and oxygen atoms in total. The maximum Gasteiger partial charge on any atom is 0.341 e. The van der Waals surface area contributed by atoms with Crippen LogP contribution in [0.4, 0.5) is 0 Å². The molecule has 1 heterocycles. The van der Waals surface area contributed by atoms with Crippen molar-refractivity contribution < 1.29 is 26.9 Å². The second-order valence-corrected chi connectivity index (χ2v) is 7.84. The molecule has 1 aliphatic carbocycles. The number of aryl methyl sites for hydroxylation is 1. The first-order valence-electron chi connectivity index (χ1n) is 7.90. The number of hydrogen-bond donors (Lipinski definition) is 1. The fourth-order valence-electron chi connectivity index (χ4n) is 3.12. The van der Waals surface area contributed by atoms with Crippen molar-refractivity contribution in [1.82, 2.24) is 0 Å². The Morgan fingerprint density at radius 3 is 2.50 bits per heavy atom. The highest BCUT2D eigenvalue weighted by Crippen LogP contribution is 2.39. The van der Waals surface area contributed by atoms with E-state index in [2.05, 4.69) is 0 Å². The summed E-state index contributed by atoms with van der Waals surface area (Å²) in [6.07, 6.45) is 1.30. The van der Waals surface area contributed by atoms with Gasteiger partial charge >= 0.3 is 16.1 Å². The lowest BCUT2D eigenvalue weighted by molar-refractivity contribution is -0.194. The van der Waals surface area contributed by atoms with E-state index in [9.17, 15) is 13.2 Å². The van der Waals surface area contributed by atoms with Gasteiger partial charge in [0.2, 0.25) is 0 Å². The molecule has 132 valence electrons. The van der Waals surface area contributed by atoms with Crippen molar-refractivity contribution in [3.8, 4) is 0 Å². The third-order valence-corrected chi connectivity index (χ3v) is 5.76. The predicted molar refractivity (Wildman–Crippen MR) is 84.4 cm³/mol. The molecule has 1 saturated carbocycles. The Hall–Kier alpha value is -1.48. The van der Waals surface area contributed by atoms with E-state index in [4.69, 9.17) is 19.4 Å². The van der Waals surface area contributed by atoms with Crippen molar-refractivity contribution in [1.29, 1.82) is 0 Å². The van der Waals surface area contributed by atoms with Crippen LogP contribution in [-0.4, -0.2) is 39.4 Å². The standard InChI is InChI=1S/C16H21NO6S/c1-11-2-4-12(5-3-11)24(19,20)23-15(18)13-10-16(7-6-14(13)17)21-8-9-22-16/h2-5,13-14H,6-10,17H2,1H3/t13-,14+/m1/s1. The topological polar surface area (TPSA) is 105 Å². The van der Waals surface area contributed by atoms with Crippen molar-refractivity contribution in [3.05, 3.63) is 29.8 Å². The fourth-order valence-corrected chi connectivity index (χ4v) is 4.02. The van der Waals surface area contributed by atoms with Crippen molar-refractivity contribution in [3.63, 3.8) is 0 Å². The zero-order valence-electron chi connectivity index (χ0n) is 13.4. The zero-order chi connectivity index (χ0) is 17.4. The molecule has 0 bridgehead atoms. The van der Waals surface area contributed by atoms with Crippen LogP contribution in [0, 0.1) is 12.8 Å². The summed E-state index contributed by atoms with van der Waals surface area (Å²) >= 11 is 0. The molecule has 2 N–H and O–H groups in total. The van der Waals surface area contributed by atoms with Crippen LogP contribution in [0.15, 0.2) is 29.2 Å². The Balaban J connectivity index is 1.74. The van der Waals surface area contributed by atoms with Gasteiger partial charge in [-0.05, 0) is 25.5 Å². The molecule has 2 atom stereocenters. The largest absolute Gasteiger partial charge is 0.348 e. The van der Waals surface area contributed by atoms with Crippen molar-refractivity contribution in [2.75, 3.05) is 13.2 Å². The molecule has 1 saturated heterocycles. The van der Waals surface area contributed by atoms with Crippen LogP contribution in [0.3, 0.4) is 0 Å². The molecule has 2 fully saturated rings. The van der Waals surface area contributed by atoms with Crippen LogP contribution in [0.1, 0.15) is 24.8 Å². The maximum absolute atomic E-state index is 12.4. The minimum Gasteiger partial charge on any atom is -0.348 e. The second kappa shape index (κ2) is 6.44. The summed E-state index contributed by atoms with van der Waals surface area (Å²) in [6.45, 7) is 2.75. The summed E-state index contributed by atoms with van der Waals surface area (Å²) in [5.74, 6) is -2.48. The molecule has 0 radical (unpaired) electrons. The summed E-state index contributed by atoms with van der Waals surface area (Å²) in [7, 11) is -4.17. The van der Waals surface area contributed by atoms with E-state index in [0.717, 1.165) is 5.56 Å². The molecular weight excluding hydrogens is 334 g/mol. The van der Waals surface area contributed by atoms with Crippen molar-refractivity contribution in [2.24, 2.45) is 11.7 Å². The highest BCUT2D eigenvalue weighted by atomic mass is 32.2. The second-order valence-electron chi connectivity index (χ2n) is 6.29. The van der Waals surface area contributed by atoms with Gasteiger partial charge in [-0.2, -0.15) is 8.42 Å². The Labute approximate surface area is 141 Å². The molecule has 0 unspecified atom stereocenters. The number of hydrogen-bond acceptors (Lipinski definition) is 7. The first-order chi connectivity index (χ1) is 11.3. The number of carbonyl (C=O) groups excluding carboxylic acids is 1. The average molecular weight is 355 g/mol. The van der Waals surface area contributed by atoms with E-state index in [0.29, 0.717) is 26.1 Å². The van der Waals surface area contributed by atoms with Gasteiger partial charge in [-0.25, -0.2) is 0 Å². The van der Waals surface area contributed by atoms with E-state index < -0.39 is 33.8 Å². The Morgan fingerprint density at radius 2 is 1.88 bits per heavy atom. The van der Waals surface area contributed by atoms with E-state index in [-0.39, 0.29) is 11.3 Å². The monoisotopic (exact) mass is 355 g/mol. The average Bonchev–Trinajstić information content (AvgIpc) is 2.98. The van der Waals surface area contributed by atoms with Crippen LogP contribution in [0.2, 0.25) is 0 Å². The van der Waals surface area contributed by atoms with Gasteiger partial charge in [-0.1, -0.05) is 17.7 Å². The lowest BCUT2D eigenvalue weighted by Gasteiger charge is -2.38. The molecule has 0 aromatic heterocycles. The highest BCUT2D eigenvalue weighted by Gasteiger charge is 2.47. The molecule has 1 aromatic rings. The van der Waals surface area contributed by atoms with Gasteiger partial charge in [-0.15, -0.1) is 0 Å². The quantitative estimate of drug-likeness (QED) is 0.809. The smallest absolute Gasteiger partial charge is 0.341 e. The SMILES string of the molecule is Cc1ccc(S(=O)(=O)OC(=O)[C@@H]2CC3(CC[C@@H]2N)OCCO3)cc1. The molecule has 0 amide bonds. The fraction of sp³-hybridized carbons (Fsp3) is 0.562. The van der Waals surface area contributed by atoms with Crippen LogP contribution in [0.5, 0.6) is 0 Å². The van der Waals surface area contributed by atoms with Gasteiger partial charge in [0.1, 0.15) is 4.90 Å². The molecule has 24 heavy (non-hydrogen) atoms. The van der Waals surface area contributed by atoms with E-state index in [1.54, 1.807) is 12.1 Å². The third kappa shape index (κ3) is 3.46. The van der Waals surface area contributed by atoms with Crippen LogP contribution in [-0.2, 0) is 28.6 Å². The zero-order valence-corrected chi connectivity index (χ0v) is 14.3. The van der Waals surface area contributed by atoms with Crippen molar-refractivity contribution >= 4 is 16.1 Å². The normalized spacial score (nSPS) is 26.4. The summed E-state index contributed by atoms with van der Waals surface area (Å²) in [6, 6.07) is 5.61. The minimum absolute atomic E-state index is 0.0612. The molecule has 2 aliphatic rings. The summed E-state index contributed by atoms with van der Waals surface area (Å²) in [5.41, 5.74) is 6.91. The van der Waals surface area contributed by atoms with Crippen LogP contribution >= 0.6 is 0 Å². The Kier molecular flexibility index (Phi) is 4.65. The maximum atomic E-state index is 12.4. The predicted octanol–water partition coefficient (Wildman–Crippen LogP) is 1.10. The van der Waals surface area contributed by atoms with E-state index >= 15 is 0 Å². The number of rotatable bonds is 3. The minimum atomic E-state index is -4.17. The van der Waals surface area contributed by atoms with Gasteiger partial charge in [0.05, 0.1) is 19.1 Å². The first-order valence-corrected chi connectivity index (χ1v) is 9.31. The lowest BCUT2D eigenvalue weighted by Crippen LogP contribution is -2.49. The Morgan fingerprint density at radius 1 is 1.25 bits per heavy atom. The molecule has 3 rings (SSSR count). The van der Waals surface area contributed by atoms with Gasteiger partial charge < -0.3 is 19.4 Å².